The molecule has 6 rings (SSSR count). The largest absolute Gasteiger partial charge is 0.507 e. The standard InChI is InChI=1S/C35H34BBrN2O7/c1-20(2)27-18-28-33(35(42)38(34(28)41)25-9-6-10-26(17-25)39(44)45)29-19-36(43)46-31(32(27)29)14-11-22(21-7-4-3-5-8-21)15-23-16-24(37)12-13-30(23)40/h3-10,12-13,15-17,20,28-29,31,33,40,43H,11,14,18-19H2,1-2H3/b22-15-/t28-,29+,31-,33-/m1/s1. The molecule has 2 fully saturated rings. The van der Waals surface area contributed by atoms with E-state index in [0.717, 1.165) is 31.7 Å². The molecule has 236 valence electrons. The molecule has 0 saturated carbocycles. The number of nitro benzene ring substituents is 1. The normalized spacial score (nSPS) is 23.2. The zero-order valence-corrected chi connectivity index (χ0v) is 27.1. The Balaban J connectivity index is 1.35. The number of rotatable bonds is 8. The summed E-state index contributed by atoms with van der Waals surface area (Å²) in [6.45, 7) is 4.12. The Labute approximate surface area is 276 Å². The van der Waals surface area contributed by atoms with Crippen LogP contribution in [0.5, 0.6) is 5.75 Å². The second kappa shape index (κ2) is 13.0. The number of imide groups is 1. The minimum atomic E-state index is -1.13. The summed E-state index contributed by atoms with van der Waals surface area (Å²) in [4.78, 5) is 39.9. The van der Waals surface area contributed by atoms with Gasteiger partial charge >= 0.3 is 7.12 Å². The first-order valence-corrected chi connectivity index (χ1v) is 16.3. The van der Waals surface area contributed by atoms with E-state index in [1.54, 1.807) is 18.2 Å². The molecule has 2 N–H and O–H groups in total. The van der Waals surface area contributed by atoms with Crippen molar-refractivity contribution in [3.63, 3.8) is 0 Å². The van der Waals surface area contributed by atoms with Crippen molar-refractivity contribution in [2.24, 2.45) is 23.7 Å². The van der Waals surface area contributed by atoms with Gasteiger partial charge in [-0.25, -0.2) is 4.90 Å². The monoisotopic (exact) mass is 684 g/mol. The van der Waals surface area contributed by atoms with Crippen LogP contribution in [0.3, 0.4) is 0 Å². The van der Waals surface area contributed by atoms with Crippen molar-refractivity contribution in [2.75, 3.05) is 4.90 Å². The Bertz CT molecular complexity index is 1760. The molecule has 4 atom stereocenters. The Kier molecular flexibility index (Phi) is 9.00. The number of amides is 2. The minimum absolute atomic E-state index is 0.0670. The van der Waals surface area contributed by atoms with E-state index in [4.69, 9.17) is 4.65 Å². The first-order valence-electron chi connectivity index (χ1n) is 15.5. The summed E-state index contributed by atoms with van der Waals surface area (Å²) in [7, 11) is -1.13. The lowest BCUT2D eigenvalue weighted by Crippen LogP contribution is -2.46. The highest BCUT2D eigenvalue weighted by atomic mass is 79.9. The summed E-state index contributed by atoms with van der Waals surface area (Å²) in [6, 6.07) is 20.7. The number of nitro groups is 1. The number of nitrogens with zero attached hydrogens (tertiary/aromatic N) is 2. The number of non-ortho nitro benzene ring substituents is 1. The lowest BCUT2D eigenvalue weighted by atomic mass is 9.57. The quantitative estimate of drug-likeness (QED) is 0.0650. The molecule has 1 aliphatic carbocycles. The SMILES string of the molecule is CC(C)C1=C2[C@@H](CC/C(=C/c3cc(Br)ccc3O)c3ccccc3)OB(O)C[C@@H]2[C@@H]2C(=O)N(c3cccc([N+](=O)[O-])c3)C(=O)[C@@H]2C1. The number of hydrogen-bond donors (Lipinski definition) is 2. The maximum atomic E-state index is 14.0. The highest BCUT2D eigenvalue weighted by molar-refractivity contribution is 9.10. The first kappa shape index (κ1) is 31.9. The number of fused-ring (bicyclic) bond motifs is 3. The number of phenols is 1. The zero-order chi connectivity index (χ0) is 32.7. The Hall–Kier alpha value is -4.06. The molecule has 2 amide bonds. The molecule has 3 aromatic carbocycles. The fraction of sp³-hybridized carbons (Fsp3) is 0.314. The molecule has 2 aliphatic heterocycles. The maximum absolute atomic E-state index is 14.0. The summed E-state index contributed by atoms with van der Waals surface area (Å²) in [6.07, 6.45) is 3.08. The fourth-order valence-electron chi connectivity index (χ4n) is 7.32. The molecule has 46 heavy (non-hydrogen) atoms. The van der Waals surface area contributed by atoms with Crippen LogP contribution in [-0.4, -0.2) is 40.1 Å². The van der Waals surface area contributed by atoms with Gasteiger partial charge in [-0.05, 0) is 84.5 Å². The second-order valence-corrected chi connectivity index (χ2v) is 13.4. The van der Waals surface area contributed by atoms with Gasteiger partial charge in [0.25, 0.3) is 5.69 Å². The van der Waals surface area contributed by atoms with Crippen LogP contribution in [0, 0.1) is 33.8 Å². The summed E-state index contributed by atoms with van der Waals surface area (Å²) >= 11 is 3.49. The fourth-order valence-corrected chi connectivity index (χ4v) is 7.70. The van der Waals surface area contributed by atoms with Crippen LogP contribution in [0.15, 0.2) is 88.4 Å². The third-order valence-electron chi connectivity index (χ3n) is 9.38. The van der Waals surface area contributed by atoms with E-state index in [0.29, 0.717) is 24.8 Å². The summed E-state index contributed by atoms with van der Waals surface area (Å²) in [5, 5.41) is 33.0. The molecule has 0 spiro atoms. The lowest BCUT2D eigenvalue weighted by molar-refractivity contribution is -0.384. The summed E-state index contributed by atoms with van der Waals surface area (Å²) in [5.74, 6) is -2.28. The molecule has 2 saturated heterocycles. The number of benzene rings is 3. The number of anilines is 1. The van der Waals surface area contributed by atoms with Crippen molar-refractivity contribution in [1.82, 2.24) is 0 Å². The van der Waals surface area contributed by atoms with Crippen LogP contribution in [0.2, 0.25) is 6.32 Å². The number of carbonyl (C=O) groups excluding carboxylic acids is 2. The predicted octanol–water partition coefficient (Wildman–Crippen LogP) is 7.04. The van der Waals surface area contributed by atoms with Crippen LogP contribution >= 0.6 is 15.9 Å². The van der Waals surface area contributed by atoms with Crippen LogP contribution in [0.4, 0.5) is 11.4 Å². The van der Waals surface area contributed by atoms with E-state index in [1.807, 2.05) is 42.5 Å². The molecule has 2 heterocycles. The molecule has 0 unspecified atom stereocenters. The van der Waals surface area contributed by atoms with Crippen molar-refractivity contribution in [3.8, 4) is 5.75 Å². The number of halogens is 1. The average Bonchev–Trinajstić information content (AvgIpc) is 3.29. The minimum Gasteiger partial charge on any atom is -0.507 e. The molecule has 0 bridgehead atoms. The van der Waals surface area contributed by atoms with E-state index < -0.39 is 41.8 Å². The Morgan fingerprint density at radius 1 is 1.09 bits per heavy atom. The van der Waals surface area contributed by atoms with Gasteiger partial charge in [0.2, 0.25) is 11.8 Å². The van der Waals surface area contributed by atoms with Gasteiger partial charge in [0.15, 0.2) is 0 Å². The van der Waals surface area contributed by atoms with Crippen molar-refractivity contribution in [3.05, 3.63) is 110 Å². The van der Waals surface area contributed by atoms with Crippen LogP contribution < -0.4 is 4.90 Å². The van der Waals surface area contributed by atoms with Crippen LogP contribution in [0.1, 0.15) is 44.2 Å². The predicted molar refractivity (Wildman–Crippen MR) is 180 cm³/mol. The molecule has 9 nitrogen and oxygen atoms in total. The van der Waals surface area contributed by atoms with Gasteiger partial charge in [-0.2, -0.15) is 0 Å². The van der Waals surface area contributed by atoms with Crippen LogP contribution in [0.25, 0.3) is 11.6 Å². The topological polar surface area (TPSA) is 130 Å². The highest BCUT2D eigenvalue weighted by Gasteiger charge is 2.58. The molecule has 0 aromatic heterocycles. The third-order valence-corrected chi connectivity index (χ3v) is 9.87. The van der Waals surface area contributed by atoms with Gasteiger partial charge in [-0.1, -0.05) is 71.7 Å². The average molecular weight is 685 g/mol. The molecule has 3 aliphatic rings. The molecular weight excluding hydrogens is 651 g/mol. The van der Waals surface area contributed by atoms with Gasteiger partial charge in [0, 0.05) is 22.2 Å². The number of allylic oxidation sites excluding steroid dienone is 2. The second-order valence-electron chi connectivity index (χ2n) is 12.5. The van der Waals surface area contributed by atoms with Crippen LogP contribution in [-0.2, 0) is 14.2 Å². The van der Waals surface area contributed by atoms with Gasteiger partial charge < -0.3 is 14.8 Å². The molecular formula is C35H34BBrN2O7. The maximum Gasteiger partial charge on any atom is 0.455 e. The number of phenolic OH excluding ortho intramolecular Hbond substituents is 1. The van der Waals surface area contributed by atoms with E-state index in [9.17, 15) is 29.8 Å². The summed E-state index contributed by atoms with van der Waals surface area (Å²) in [5.41, 5.74) is 4.63. The number of aromatic hydroxyl groups is 1. The van der Waals surface area contributed by atoms with Gasteiger partial charge in [0.1, 0.15) is 5.75 Å². The van der Waals surface area contributed by atoms with E-state index in [2.05, 4.69) is 29.8 Å². The molecule has 0 radical (unpaired) electrons. The number of hydrogen-bond acceptors (Lipinski definition) is 7. The van der Waals surface area contributed by atoms with Crippen molar-refractivity contribution in [2.45, 2.75) is 45.5 Å². The molecule has 3 aromatic rings. The molecule has 11 heteroatoms. The van der Waals surface area contributed by atoms with Gasteiger partial charge in [-0.3, -0.25) is 19.7 Å². The number of carbonyl (C=O) groups is 2. The van der Waals surface area contributed by atoms with Crippen molar-refractivity contribution >= 4 is 57.9 Å². The van der Waals surface area contributed by atoms with E-state index >= 15 is 0 Å². The van der Waals surface area contributed by atoms with Gasteiger partial charge in [0.05, 0.1) is 28.6 Å². The van der Waals surface area contributed by atoms with Gasteiger partial charge in [-0.15, -0.1) is 0 Å². The first-order chi connectivity index (χ1) is 22.0. The third kappa shape index (κ3) is 6.07. The van der Waals surface area contributed by atoms with E-state index in [-0.39, 0.29) is 35.3 Å². The van der Waals surface area contributed by atoms with E-state index in [1.165, 1.54) is 18.2 Å². The summed E-state index contributed by atoms with van der Waals surface area (Å²) < 4.78 is 7.05. The smallest absolute Gasteiger partial charge is 0.455 e. The highest BCUT2D eigenvalue weighted by Crippen LogP contribution is 2.53. The zero-order valence-electron chi connectivity index (χ0n) is 25.5. The Morgan fingerprint density at radius 2 is 1.85 bits per heavy atom. The van der Waals surface area contributed by atoms with Crippen molar-refractivity contribution < 1.29 is 29.3 Å². The Morgan fingerprint density at radius 3 is 2.57 bits per heavy atom. The van der Waals surface area contributed by atoms with Crippen molar-refractivity contribution in [1.29, 1.82) is 0 Å². The lowest BCUT2D eigenvalue weighted by Gasteiger charge is -2.44.